The van der Waals surface area contributed by atoms with Crippen molar-refractivity contribution >= 4 is 45.2 Å². The van der Waals surface area contributed by atoms with Crippen LogP contribution in [0.1, 0.15) is 37.6 Å². The number of aromatic nitrogens is 2. The largest absolute Gasteiger partial charge is 0.450 e. The molecule has 1 fully saturated rings. The van der Waals surface area contributed by atoms with E-state index in [1.54, 1.807) is 28.0 Å². The highest BCUT2D eigenvalue weighted by Crippen LogP contribution is 2.43. The molecular formula is C20H28N4O3S2. The molecule has 158 valence electrons. The SMILES string of the molecule is CCOC(=O)N1CCN(c2nc(SC)nc3sc4c(c23)CC(C)(CC)OC4)CC1. The zero-order valence-corrected chi connectivity index (χ0v) is 19.1. The van der Waals surface area contributed by atoms with Crippen molar-refractivity contribution in [1.29, 1.82) is 0 Å². The van der Waals surface area contributed by atoms with Crippen molar-refractivity contribution in [2.75, 3.05) is 43.9 Å². The first-order valence-corrected chi connectivity index (χ1v) is 12.2. The molecule has 1 amide bonds. The van der Waals surface area contributed by atoms with Crippen LogP contribution >= 0.6 is 23.1 Å². The monoisotopic (exact) mass is 436 g/mol. The summed E-state index contributed by atoms with van der Waals surface area (Å²) in [7, 11) is 0. The number of anilines is 1. The van der Waals surface area contributed by atoms with Gasteiger partial charge in [0.25, 0.3) is 0 Å². The second kappa shape index (κ2) is 8.28. The summed E-state index contributed by atoms with van der Waals surface area (Å²) in [6, 6.07) is 0. The highest BCUT2D eigenvalue weighted by atomic mass is 32.2. The highest BCUT2D eigenvalue weighted by molar-refractivity contribution is 7.98. The number of hydrogen-bond donors (Lipinski definition) is 0. The fourth-order valence-corrected chi connectivity index (χ4v) is 5.41. The summed E-state index contributed by atoms with van der Waals surface area (Å²) < 4.78 is 11.3. The molecule has 0 aliphatic carbocycles. The van der Waals surface area contributed by atoms with Crippen molar-refractivity contribution in [3.8, 4) is 0 Å². The van der Waals surface area contributed by atoms with Crippen molar-refractivity contribution in [3.63, 3.8) is 0 Å². The lowest BCUT2D eigenvalue weighted by Crippen LogP contribution is -2.49. The quantitative estimate of drug-likeness (QED) is 0.531. The third kappa shape index (κ3) is 3.92. The van der Waals surface area contributed by atoms with Gasteiger partial charge in [-0.2, -0.15) is 0 Å². The van der Waals surface area contributed by atoms with Crippen LogP contribution in [0.4, 0.5) is 10.6 Å². The predicted octanol–water partition coefficient (Wildman–Crippen LogP) is 3.93. The first kappa shape index (κ1) is 20.7. The molecular weight excluding hydrogens is 408 g/mol. The van der Waals surface area contributed by atoms with Crippen LogP contribution < -0.4 is 4.90 Å². The molecule has 0 aromatic carbocycles. The van der Waals surface area contributed by atoms with E-state index in [9.17, 15) is 4.79 Å². The van der Waals surface area contributed by atoms with Gasteiger partial charge in [-0.25, -0.2) is 14.8 Å². The minimum atomic E-state index is -0.228. The number of ether oxygens (including phenoxy) is 2. The molecule has 2 aliphatic heterocycles. The fourth-order valence-electron chi connectivity index (χ4n) is 3.90. The number of thioether (sulfide) groups is 1. The van der Waals surface area contributed by atoms with E-state index in [0.717, 1.165) is 41.7 Å². The molecule has 2 aromatic heterocycles. The van der Waals surface area contributed by atoms with Crippen molar-refractivity contribution in [3.05, 3.63) is 10.4 Å². The van der Waals surface area contributed by atoms with Crippen LogP contribution in [0.5, 0.6) is 0 Å². The molecule has 2 aliphatic rings. The van der Waals surface area contributed by atoms with Crippen LogP contribution in [0, 0.1) is 0 Å². The lowest BCUT2D eigenvalue weighted by atomic mass is 9.90. The molecule has 0 saturated carbocycles. The van der Waals surface area contributed by atoms with Crippen molar-refractivity contribution in [2.45, 2.75) is 51.0 Å². The average Bonchev–Trinajstić information content (AvgIpc) is 3.10. The highest BCUT2D eigenvalue weighted by Gasteiger charge is 2.34. The van der Waals surface area contributed by atoms with Gasteiger partial charge in [0.1, 0.15) is 10.6 Å². The topological polar surface area (TPSA) is 67.8 Å². The summed E-state index contributed by atoms with van der Waals surface area (Å²) in [6.07, 6.45) is 3.64. The third-order valence-electron chi connectivity index (χ3n) is 5.83. The Labute approximate surface area is 179 Å². The minimum Gasteiger partial charge on any atom is -0.450 e. The van der Waals surface area contributed by atoms with Gasteiger partial charge in [-0.3, -0.25) is 0 Å². The van der Waals surface area contributed by atoms with E-state index in [2.05, 4.69) is 18.7 Å². The van der Waals surface area contributed by atoms with E-state index < -0.39 is 0 Å². The van der Waals surface area contributed by atoms with Gasteiger partial charge in [0.15, 0.2) is 5.16 Å². The fraction of sp³-hybridized carbons (Fsp3) is 0.650. The van der Waals surface area contributed by atoms with Gasteiger partial charge in [-0.15, -0.1) is 11.3 Å². The van der Waals surface area contributed by atoms with Gasteiger partial charge in [-0.1, -0.05) is 18.7 Å². The Hall–Kier alpha value is -1.58. The number of hydrogen-bond acceptors (Lipinski definition) is 8. The molecule has 9 heteroatoms. The lowest BCUT2D eigenvalue weighted by Gasteiger charge is -2.36. The van der Waals surface area contributed by atoms with Crippen LogP contribution in [0.3, 0.4) is 0 Å². The smallest absolute Gasteiger partial charge is 0.409 e. The normalized spacial score (nSPS) is 22.1. The Morgan fingerprint density at radius 1 is 1.28 bits per heavy atom. The zero-order valence-electron chi connectivity index (χ0n) is 17.5. The maximum Gasteiger partial charge on any atom is 0.409 e. The summed E-state index contributed by atoms with van der Waals surface area (Å²) in [4.78, 5) is 28.1. The van der Waals surface area contributed by atoms with Crippen molar-refractivity contribution in [1.82, 2.24) is 14.9 Å². The molecule has 0 bridgehead atoms. The Bertz CT molecular complexity index is 911. The lowest BCUT2D eigenvalue weighted by molar-refractivity contribution is -0.0543. The molecule has 2 aromatic rings. The molecule has 4 rings (SSSR count). The van der Waals surface area contributed by atoms with Gasteiger partial charge in [-0.05, 0) is 32.1 Å². The van der Waals surface area contributed by atoms with E-state index in [0.29, 0.717) is 26.3 Å². The molecule has 4 heterocycles. The van der Waals surface area contributed by atoms with Gasteiger partial charge in [0.05, 0.1) is 24.2 Å². The third-order valence-corrected chi connectivity index (χ3v) is 7.48. The predicted molar refractivity (Wildman–Crippen MR) is 117 cm³/mol. The number of rotatable bonds is 4. The van der Waals surface area contributed by atoms with E-state index in [1.807, 2.05) is 13.2 Å². The Kier molecular flexibility index (Phi) is 5.90. The molecule has 0 radical (unpaired) electrons. The van der Waals surface area contributed by atoms with Crippen molar-refractivity contribution in [2.24, 2.45) is 0 Å². The average molecular weight is 437 g/mol. The van der Waals surface area contributed by atoms with Gasteiger partial charge >= 0.3 is 6.09 Å². The number of carbonyl (C=O) groups is 1. The Morgan fingerprint density at radius 2 is 2.03 bits per heavy atom. The van der Waals surface area contributed by atoms with Crippen LogP contribution in [0.15, 0.2) is 5.16 Å². The van der Waals surface area contributed by atoms with Crippen LogP contribution in [0.25, 0.3) is 10.2 Å². The Balaban J connectivity index is 1.69. The summed E-state index contributed by atoms with van der Waals surface area (Å²) in [6.45, 7) is 10.0. The second-order valence-corrected chi connectivity index (χ2v) is 9.52. The number of fused-ring (bicyclic) bond motifs is 3. The van der Waals surface area contributed by atoms with E-state index in [-0.39, 0.29) is 11.7 Å². The second-order valence-electron chi connectivity index (χ2n) is 7.66. The van der Waals surface area contributed by atoms with Crippen LogP contribution in [0.2, 0.25) is 0 Å². The van der Waals surface area contributed by atoms with Crippen molar-refractivity contribution < 1.29 is 14.3 Å². The van der Waals surface area contributed by atoms with E-state index in [1.165, 1.54) is 15.8 Å². The molecule has 0 N–H and O–H groups in total. The first-order valence-electron chi connectivity index (χ1n) is 10.1. The summed E-state index contributed by atoms with van der Waals surface area (Å²) >= 11 is 3.30. The van der Waals surface area contributed by atoms with Gasteiger partial charge in [0, 0.05) is 37.5 Å². The van der Waals surface area contributed by atoms with E-state index >= 15 is 0 Å². The number of nitrogens with zero attached hydrogens (tertiary/aromatic N) is 4. The molecule has 29 heavy (non-hydrogen) atoms. The Morgan fingerprint density at radius 3 is 2.69 bits per heavy atom. The number of thiophene rings is 1. The number of carbonyl (C=O) groups excluding carboxylic acids is 1. The summed E-state index contributed by atoms with van der Waals surface area (Å²) in [5.74, 6) is 1.00. The number of amides is 1. The maximum absolute atomic E-state index is 12.1. The zero-order chi connectivity index (χ0) is 20.6. The van der Waals surface area contributed by atoms with Gasteiger partial charge < -0.3 is 19.3 Å². The molecule has 1 atom stereocenters. The van der Waals surface area contributed by atoms with E-state index in [4.69, 9.17) is 19.4 Å². The number of piperazine rings is 1. The molecule has 1 unspecified atom stereocenters. The molecule has 0 spiro atoms. The standard InChI is InChI=1S/C20H28N4O3S2/c1-5-20(3)11-13-14(12-27-20)29-17-15(13)16(21-18(22-17)28-4)23-7-9-24(10-8-23)19(25)26-6-2/h5-12H2,1-4H3. The van der Waals surface area contributed by atoms with Crippen LogP contribution in [-0.4, -0.2) is 65.6 Å². The van der Waals surface area contributed by atoms with Crippen LogP contribution in [-0.2, 0) is 22.5 Å². The summed E-state index contributed by atoms with van der Waals surface area (Å²) in [5, 5.41) is 1.97. The van der Waals surface area contributed by atoms with Gasteiger partial charge in [0.2, 0.25) is 0 Å². The first-order chi connectivity index (χ1) is 14.0. The molecule has 1 saturated heterocycles. The summed E-state index contributed by atoms with van der Waals surface area (Å²) in [5.41, 5.74) is 1.20. The maximum atomic E-state index is 12.1. The minimum absolute atomic E-state index is 0.140. The molecule has 7 nitrogen and oxygen atoms in total.